The van der Waals surface area contributed by atoms with Crippen LogP contribution in [-0.2, 0) is 38.5 Å². The molecule has 9 aromatic carbocycles. The second-order valence-corrected chi connectivity index (χ2v) is 19.2. The third-order valence-electron chi connectivity index (χ3n) is 14.4. The van der Waals surface area contributed by atoms with Gasteiger partial charge in [0.1, 0.15) is 33.5 Å². The summed E-state index contributed by atoms with van der Waals surface area (Å²) in [5, 5.41) is 7.07. The molecule has 0 aliphatic rings. The Labute approximate surface area is 417 Å². The van der Waals surface area contributed by atoms with Gasteiger partial charge in [0.05, 0.1) is 0 Å². The van der Waals surface area contributed by atoms with E-state index in [0.29, 0.717) is 17.5 Å². The summed E-state index contributed by atoms with van der Waals surface area (Å²) in [5.74, 6) is 2.00. The lowest BCUT2D eigenvalue weighted by Crippen LogP contribution is -2.01. The van der Waals surface area contributed by atoms with Crippen molar-refractivity contribution >= 4 is 65.8 Å². The highest BCUT2D eigenvalue weighted by Gasteiger charge is 2.15. The van der Waals surface area contributed by atoms with Crippen LogP contribution in [0.2, 0.25) is 0 Å². The molecule has 0 N–H and O–H groups in total. The molecule has 0 radical (unpaired) electrons. The van der Waals surface area contributed by atoms with Crippen LogP contribution in [0.15, 0.2) is 213 Å². The van der Waals surface area contributed by atoms with E-state index in [9.17, 15) is 0 Å². The molecule has 0 saturated carbocycles. The number of rotatable bonds is 15. The highest BCUT2D eigenvalue weighted by atomic mass is 16.3. The second kappa shape index (κ2) is 19.0. The average Bonchev–Trinajstić information content (AvgIpc) is 4.12. The van der Waals surface area contributed by atoms with E-state index in [1.807, 2.05) is 36.4 Å². The van der Waals surface area contributed by atoms with Crippen molar-refractivity contribution in [3.8, 4) is 34.2 Å². The number of aromatic nitrogens is 3. The molecule has 0 unspecified atom stereocenters. The summed E-state index contributed by atoms with van der Waals surface area (Å²) < 4.78 is 18.2. The minimum absolute atomic E-state index is 0.667. The van der Waals surface area contributed by atoms with Gasteiger partial charge >= 0.3 is 0 Å². The maximum Gasteiger partial charge on any atom is 0.164 e. The van der Waals surface area contributed by atoms with Crippen LogP contribution in [0.1, 0.15) is 52.6 Å². The zero-order chi connectivity index (χ0) is 47.8. The van der Waals surface area contributed by atoms with E-state index in [1.165, 1.54) is 65.7 Å². The summed E-state index contributed by atoms with van der Waals surface area (Å²) in [4.78, 5) is 15.4. The molecular formula is C66H51N3O3. The van der Waals surface area contributed by atoms with Crippen molar-refractivity contribution in [3.63, 3.8) is 0 Å². The molecule has 0 aliphatic carbocycles. The van der Waals surface area contributed by atoms with E-state index in [0.717, 1.165) is 108 Å². The van der Waals surface area contributed by atoms with Crippen LogP contribution in [0.4, 0.5) is 0 Å². The van der Waals surface area contributed by atoms with Crippen molar-refractivity contribution < 1.29 is 13.3 Å². The van der Waals surface area contributed by atoms with Gasteiger partial charge in [-0.05, 0) is 146 Å². The summed E-state index contributed by atoms with van der Waals surface area (Å²) in [7, 11) is 0. The Bertz CT molecular complexity index is 3630. The van der Waals surface area contributed by atoms with Crippen molar-refractivity contribution in [2.45, 2.75) is 57.8 Å². The van der Waals surface area contributed by atoms with Crippen molar-refractivity contribution in [1.29, 1.82) is 0 Å². The van der Waals surface area contributed by atoms with Gasteiger partial charge in [0, 0.05) is 49.0 Å². The van der Waals surface area contributed by atoms with E-state index in [2.05, 4.69) is 164 Å². The molecule has 348 valence electrons. The van der Waals surface area contributed by atoms with Crippen LogP contribution >= 0.6 is 0 Å². The Morgan fingerprint density at radius 3 is 0.792 bits per heavy atom. The molecule has 0 amide bonds. The molecule has 6 nitrogen and oxygen atoms in total. The number of nitrogens with zero attached hydrogens (tertiary/aromatic N) is 3. The normalized spacial score (nSPS) is 11.8. The SMILES string of the molecule is c1ccc2c(c1)oc1ccc(CCCc3ccc(-c4nc(-c5ccc(CCCc6ccc7oc8ccccc8c7c6)cc5)nc(-c5ccc(CCCc6ccc7oc8ccccc8c7c6)cc5)n4)cc3)cc12. The highest BCUT2D eigenvalue weighted by molar-refractivity contribution is 6.06. The molecule has 0 spiro atoms. The van der Waals surface area contributed by atoms with Crippen molar-refractivity contribution in [2.24, 2.45) is 0 Å². The number of fused-ring (bicyclic) bond motifs is 9. The lowest BCUT2D eigenvalue weighted by Gasteiger charge is -2.10. The van der Waals surface area contributed by atoms with E-state index in [-0.39, 0.29) is 0 Å². The summed E-state index contributed by atoms with van der Waals surface area (Å²) in [6, 6.07) is 70.9. The van der Waals surface area contributed by atoms with Crippen LogP contribution < -0.4 is 0 Å². The molecule has 13 rings (SSSR count). The lowest BCUT2D eigenvalue weighted by molar-refractivity contribution is 0.668. The average molecular weight is 934 g/mol. The van der Waals surface area contributed by atoms with Gasteiger partial charge in [-0.2, -0.15) is 0 Å². The fraction of sp³-hybridized carbons (Fsp3) is 0.136. The predicted molar refractivity (Wildman–Crippen MR) is 293 cm³/mol. The molecule has 4 heterocycles. The van der Waals surface area contributed by atoms with Gasteiger partial charge in [0.2, 0.25) is 0 Å². The summed E-state index contributed by atoms with van der Waals surface area (Å²) in [6.45, 7) is 0. The first kappa shape index (κ1) is 43.4. The van der Waals surface area contributed by atoms with Gasteiger partial charge in [-0.3, -0.25) is 0 Å². The maximum absolute atomic E-state index is 6.07. The largest absolute Gasteiger partial charge is 0.456 e. The van der Waals surface area contributed by atoms with Crippen LogP contribution in [0.25, 0.3) is 100.0 Å². The van der Waals surface area contributed by atoms with Crippen molar-refractivity contribution in [2.75, 3.05) is 0 Å². The van der Waals surface area contributed by atoms with Gasteiger partial charge in [-0.15, -0.1) is 0 Å². The van der Waals surface area contributed by atoms with Crippen molar-refractivity contribution in [1.82, 2.24) is 15.0 Å². The summed E-state index contributed by atoms with van der Waals surface area (Å²) >= 11 is 0. The molecule has 4 aromatic heterocycles. The van der Waals surface area contributed by atoms with E-state index < -0.39 is 0 Å². The Morgan fingerprint density at radius 2 is 0.486 bits per heavy atom. The smallest absolute Gasteiger partial charge is 0.164 e. The fourth-order valence-corrected chi connectivity index (χ4v) is 10.5. The zero-order valence-electron chi connectivity index (χ0n) is 40.0. The third kappa shape index (κ3) is 8.81. The van der Waals surface area contributed by atoms with Gasteiger partial charge in [0.25, 0.3) is 0 Å². The number of aryl methyl sites for hydroxylation is 6. The molecule has 0 fully saturated rings. The molecule has 0 saturated heterocycles. The number of hydrogen-bond acceptors (Lipinski definition) is 6. The number of furan rings is 3. The summed E-state index contributed by atoms with van der Waals surface area (Å²) in [5.41, 5.74) is 16.4. The zero-order valence-corrected chi connectivity index (χ0v) is 40.0. The monoisotopic (exact) mass is 933 g/mol. The predicted octanol–water partition coefficient (Wildman–Crippen LogP) is 17.1. The standard InChI is InChI=1S/C66H51N3O3/c1-4-19-58-52(16-1)55-40-46(28-37-61(55)70-58)13-7-10-43-22-31-49(32-23-43)64-67-65(50-33-24-44(25-34-50)11-8-14-47-29-38-62-56(41-47)53-17-2-5-20-59(53)71-62)69-66(68-64)51-35-26-45(27-36-51)12-9-15-48-30-39-63-57(42-48)54-18-3-6-21-60(54)72-63/h1-6,16-42H,7-15H2. The van der Waals surface area contributed by atoms with E-state index >= 15 is 0 Å². The Kier molecular flexibility index (Phi) is 11.4. The first-order valence-corrected chi connectivity index (χ1v) is 25.3. The van der Waals surface area contributed by atoms with Crippen molar-refractivity contribution in [3.05, 3.63) is 234 Å². The van der Waals surface area contributed by atoms with Gasteiger partial charge in [-0.1, -0.05) is 146 Å². The minimum atomic E-state index is 0.667. The van der Waals surface area contributed by atoms with Gasteiger partial charge in [-0.25, -0.2) is 15.0 Å². The van der Waals surface area contributed by atoms with Crippen LogP contribution in [0, 0.1) is 0 Å². The van der Waals surface area contributed by atoms with Crippen LogP contribution in [0.3, 0.4) is 0 Å². The molecule has 72 heavy (non-hydrogen) atoms. The third-order valence-corrected chi connectivity index (χ3v) is 14.4. The molecular weight excluding hydrogens is 883 g/mol. The fourth-order valence-electron chi connectivity index (χ4n) is 10.5. The number of benzene rings is 9. The summed E-state index contributed by atoms with van der Waals surface area (Å²) in [6.07, 6.45) is 9.05. The number of hydrogen-bond donors (Lipinski definition) is 0. The molecule has 0 bridgehead atoms. The van der Waals surface area contributed by atoms with E-state index in [4.69, 9.17) is 28.2 Å². The maximum atomic E-state index is 6.07. The Hall–Kier alpha value is -8.61. The Balaban J connectivity index is 0.713. The molecule has 13 aromatic rings. The topological polar surface area (TPSA) is 78.1 Å². The molecule has 6 heteroatoms. The van der Waals surface area contributed by atoms with E-state index in [1.54, 1.807) is 0 Å². The molecule has 0 atom stereocenters. The first-order chi connectivity index (χ1) is 35.6. The van der Waals surface area contributed by atoms with Gasteiger partial charge in [0.15, 0.2) is 17.5 Å². The highest BCUT2D eigenvalue weighted by Crippen LogP contribution is 2.33. The minimum Gasteiger partial charge on any atom is -0.456 e. The van der Waals surface area contributed by atoms with Crippen LogP contribution in [0.5, 0.6) is 0 Å². The second-order valence-electron chi connectivity index (χ2n) is 19.2. The number of para-hydroxylation sites is 3. The first-order valence-electron chi connectivity index (χ1n) is 25.3. The van der Waals surface area contributed by atoms with Crippen LogP contribution in [-0.4, -0.2) is 15.0 Å². The lowest BCUT2D eigenvalue weighted by atomic mass is 10.0. The Morgan fingerprint density at radius 1 is 0.236 bits per heavy atom. The molecule has 0 aliphatic heterocycles. The van der Waals surface area contributed by atoms with Gasteiger partial charge < -0.3 is 13.3 Å². The quantitative estimate of drug-likeness (QED) is 0.102.